The van der Waals surface area contributed by atoms with Gasteiger partial charge in [0, 0.05) is 13.1 Å². The van der Waals surface area contributed by atoms with Crippen LogP contribution in [0.1, 0.15) is 13.3 Å². The lowest BCUT2D eigenvalue weighted by molar-refractivity contribution is -0.130. The van der Waals surface area contributed by atoms with Gasteiger partial charge < -0.3 is 15.1 Å². The average molecular weight is 205 g/mol. The summed E-state index contributed by atoms with van der Waals surface area (Å²) in [5.74, 6) is -0.110. The molecule has 1 aliphatic heterocycles. The highest BCUT2D eigenvalue weighted by Gasteiger charge is 2.33. The van der Waals surface area contributed by atoms with Gasteiger partial charge in [-0.15, -0.1) is 0 Å². The lowest BCUT2D eigenvalue weighted by atomic mass is 10.3. The summed E-state index contributed by atoms with van der Waals surface area (Å²) in [6.45, 7) is 2.31. The third-order valence-corrected chi connectivity index (χ3v) is 2.83. The fourth-order valence-electron chi connectivity index (χ4n) is 1.33. The van der Waals surface area contributed by atoms with E-state index in [9.17, 15) is 15.0 Å². The van der Waals surface area contributed by atoms with Gasteiger partial charge in [-0.3, -0.25) is 4.79 Å². The lowest BCUT2D eigenvalue weighted by Gasteiger charge is -2.18. The van der Waals surface area contributed by atoms with Crippen LogP contribution in [0.25, 0.3) is 0 Å². The van der Waals surface area contributed by atoms with E-state index in [2.05, 4.69) is 12.6 Å². The third-order valence-electron chi connectivity index (χ3n) is 2.24. The van der Waals surface area contributed by atoms with Crippen LogP contribution in [0.3, 0.4) is 0 Å². The van der Waals surface area contributed by atoms with Crippen molar-refractivity contribution in [3.63, 3.8) is 0 Å². The molecule has 0 radical (unpaired) electrons. The van der Waals surface area contributed by atoms with Crippen LogP contribution in [0.2, 0.25) is 0 Å². The Labute approximate surface area is 83.0 Å². The van der Waals surface area contributed by atoms with E-state index in [1.54, 1.807) is 0 Å². The second kappa shape index (κ2) is 4.30. The molecule has 0 spiro atoms. The van der Waals surface area contributed by atoms with Gasteiger partial charge in [-0.1, -0.05) is 6.92 Å². The zero-order chi connectivity index (χ0) is 10.0. The monoisotopic (exact) mass is 205 g/mol. The molecule has 1 amide bonds. The molecule has 5 heteroatoms. The van der Waals surface area contributed by atoms with Gasteiger partial charge in [0.1, 0.15) is 0 Å². The molecule has 2 N–H and O–H groups in total. The minimum Gasteiger partial charge on any atom is -0.388 e. The van der Waals surface area contributed by atoms with Crippen molar-refractivity contribution in [3.8, 4) is 0 Å². The van der Waals surface area contributed by atoms with Gasteiger partial charge >= 0.3 is 0 Å². The molecule has 1 aliphatic rings. The van der Waals surface area contributed by atoms with Gasteiger partial charge in [-0.25, -0.2) is 0 Å². The second-order valence-electron chi connectivity index (χ2n) is 3.30. The second-order valence-corrected chi connectivity index (χ2v) is 3.93. The van der Waals surface area contributed by atoms with Gasteiger partial charge in [0.15, 0.2) is 0 Å². The highest BCUT2D eigenvalue weighted by molar-refractivity contribution is 7.81. The predicted octanol–water partition coefficient (Wildman–Crippen LogP) is -0.741. The molecule has 76 valence electrons. The normalized spacial score (nSPS) is 30.6. The maximum Gasteiger partial charge on any atom is 0.235 e. The topological polar surface area (TPSA) is 60.8 Å². The Kier molecular flexibility index (Phi) is 3.58. The number of nitrogens with zero attached hydrogens (tertiary/aromatic N) is 1. The van der Waals surface area contributed by atoms with Crippen LogP contribution in [0.15, 0.2) is 0 Å². The van der Waals surface area contributed by atoms with E-state index in [0.717, 1.165) is 0 Å². The number of aliphatic hydroxyl groups excluding tert-OH is 2. The summed E-state index contributed by atoms with van der Waals surface area (Å²) in [4.78, 5) is 12.9. The van der Waals surface area contributed by atoms with Crippen LogP contribution >= 0.6 is 12.6 Å². The molecule has 0 aromatic heterocycles. The lowest BCUT2D eigenvalue weighted by Crippen LogP contribution is -2.35. The molecule has 1 fully saturated rings. The first-order valence-electron chi connectivity index (χ1n) is 4.39. The zero-order valence-electron chi connectivity index (χ0n) is 7.55. The van der Waals surface area contributed by atoms with Crippen LogP contribution < -0.4 is 0 Å². The van der Waals surface area contributed by atoms with E-state index in [0.29, 0.717) is 6.42 Å². The van der Waals surface area contributed by atoms with E-state index in [1.165, 1.54) is 4.90 Å². The van der Waals surface area contributed by atoms with Gasteiger partial charge in [-0.05, 0) is 6.42 Å². The molecule has 1 saturated heterocycles. The fraction of sp³-hybridized carbons (Fsp3) is 0.875. The standard InChI is InChI=1S/C8H15NO3S/c1-2-7(13)8(12)9-3-5(10)6(11)4-9/h5-7,10-11,13H,2-4H2,1H3. The van der Waals surface area contributed by atoms with Crippen molar-refractivity contribution < 1.29 is 15.0 Å². The quantitative estimate of drug-likeness (QED) is 0.520. The fourth-order valence-corrected chi connectivity index (χ4v) is 1.50. The summed E-state index contributed by atoms with van der Waals surface area (Å²) in [5, 5.41) is 18.1. The smallest absolute Gasteiger partial charge is 0.235 e. The molecule has 3 unspecified atom stereocenters. The highest BCUT2D eigenvalue weighted by Crippen LogP contribution is 2.14. The van der Waals surface area contributed by atoms with E-state index in [1.807, 2.05) is 6.92 Å². The van der Waals surface area contributed by atoms with E-state index in [4.69, 9.17) is 0 Å². The number of amides is 1. The minimum atomic E-state index is -0.804. The van der Waals surface area contributed by atoms with Crippen LogP contribution in [0.4, 0.5) is 0 Å². The number of carbonyl (C=O) groups excluding carboxylic acids is 1. The predicted molar refractivity (Wildman–Crippen MR) is 51.7 cm³/mol. The number of rotatable bonds is 2. The van der Waals surface area contributed by atoms with Crippen molar-refractivity contribution in [2.75, 3.05) is 13.1 Å². The molecule has 0 aliphatic carbocycles. The van der Waals surface area contributed by atoms with Crippen molar-refractivity contribution in [1.29, 1.82) is 0 Å². The Balaban J connectivity index is 2.50. The Morgan fingerprint density at radius 1 is 1.54 bits per heavy atom. The maximum absolute atomic E-state index is 11.5. The molecule has 0 saturated carbocycles. The minimum absolute atomic E-state index is 0.110. The van der Waals surface area contributed by atoms with E-state index in [-0.39, 0.29) is 24.2 Å². The number of aliphatic hydroxyl groups is 2. The van der Waals surface area contributed by atoms with E-state index < -0.39 is 12.2 Å². The summed E-state index contributed by atoms with van der Waals surface area (Å²) in [6, 6.07) is 0. The van der Waals surface area contributed by atoms with E-state index >= 15 is 0 Å². The summed E-state index contributed by atoms with van der Waals surface area (Å²) in [7, 11) is 0. The molecule has 4 nitrogen and oxygen atoms in total. The summed E-state index contributed by atoms with van der Waals surface area (Å²) in [6.07, 6.45) is -0.951. The number of likely N-dealkylation sites (tertiary alicyclic amines) is 1. The van der Waals surface area contributed by atoms with Crippen LogP contribution in [-0.4, -0.2) is 51.6 Å². The third kappa shape index (κ3) is 2.36. The largest absolute Gasteiger partial charge is 0.388 e. The Morgan fingerprint density at radius 2 is 2.00 bits per heavy atom. The molecular formula is C8H15NO3S. The van der Waals surface area contributed by atoms with Gasteiger partial charge in [0.05, 0.1) is 17.5 Å². The van der Waals surface area contributed by atoms with Crippen molar-refractivity contribution in [3.05, 3.63) is 0 Å². The molecule has 0 aromatic rings. The first-order valence-corrected chi connectivity index (χ1v) is 4.91. The zero-order valence-corrected chi connectivity index (χ0v) is 8.44. The SMILES string of the molecule is CCC(S)C(=O)N1CC(O)C(O)C1. The van der Waals surface area contributed by atoms with Gasteiger partial charge in [0.25, 0.3) is 0 Å². The summed E-state index contributed by atoms with van der Waals surface area (Å²) < 4.78 is 0. The number of hydrogen-bond donors (Lipinski definition) is 3. The van der Waals surface area contributed by atoms with Crippen LogP contribution in [0, 0.1) is 0 Å². The summed E-state index contributed by atoms with van der Waals surface area (Å²) >= 11 is 4.10. The number of carbonyl (C=O) groups is 1. The molecule has 1 rings (SSSR count). The van der Waals surface area contributed by atoms with Crippen molar-refractivity contribution in [1.82, 2.24) is 4.90 Å². The molecule has 0 aromatic carbocycles. The van der Waals surface area contributed by atoms with Crippen LogP contribution in [-0.2, 0) is 4.79 Å². The first-order chi connectivity index (χ1) is 6.06. The molecule has 13 heavy (non-hydrogen) atoms. The maximum atomic E-state index is 11.5. The molecule has 3 atom stereocenters. The van der Waals surface area contributed by atoms with Gasteiger partial charge in [0.2, 0.25) is 5.91 Å². The van der Waals surface area contributed by atoms with Gasteiger partial charge in [-0.2, -0.15) is 12.6 Å². The molecule has 0 bridgehead atoms. The summed E-state index contributed by atoms with van der Waals surface area (Å²) in [5.41, 5.74) is 0. The number of thiol groups is 1. The number of β-amino-alcohol motifs (C(OH)–C–C–N with tert-alkyl or cyclic N) is 2. The Bertz CT molecular complexity index is 190. The van der Waals surface area contributed by atoms with Crippen molar-refractivity contribution >= 4 is 18.5 Å². The van der Waals surface area contributed by atoms with Crippen molar-refractivity contribution in [2.24, 2.45) is 0 Å². The van der Waals surface area contributed by atoms with Crippen LogP contribution in [0.5, 0.6) is 0 Å². The number of hydrogen-bond acceptors (Lipinski definition) is 4. The first kappa shape index (κ1) is 10.8. The molecular weight excluding hydrogens is 190 g/mol. The van der Waals surface area contributed by atoms with Crippen molar-refractivity contribution in [2.45, 2.75) is 30.8 Å². The molecule has 1 heterocycles. The Hall–Kier alpha value is -0.260. The Morgan fingerprint density at radius 3 is 2.38 bits per heavy atom. The highest BCUT2D eigenvalue weighted by atomic mass is 32.1. The average Bonchev–Trinajstić information content (AvgIpc) is 2.44.